The summed E-state index contributed by atoms with van der Waals surface area (Å²) in [6.45, 7) is 15.8. The molecule has 3 aromatic carbocycles. The molecule has 0 unspecified atom stereocenters. The minimum atomic E-state index is -5.12. The Bertz CT molecular complexity index is 1850. The van der Waals surface area contributed by atoms with Gasteiger partial charge in [0.25, 0.3) is 10.1 Å². The summed E-state index contributed by atoms with van der Waals surface area (Å²) in [4.78, 5) is -0.112. The van der Waals surface area contributed by atoms with Crippen molar-refractivity contribution in [3.8, 4) is 0 Å². The molecule has 0 saturated heterocycles. The maximum absolute atomic E-state index is 12.2. The molecule has 0 bridgehead atoms. The number of hydrogen-bond donors (Lipinski definition) is 2. The van der Waals surface area contributed by atoms with Crippen molar-refractivity contribution in [2.75, 3.05) is 19.6 Å². The first-order chi connectivity index (χ1) is 18.8. The molecule has 14 heteroatoms. The van der Waals surface area contributed by atoms with Crippen LogP contribution in [0.1, 0.15) is 47.1 Å². The third-order valence-corrected chi connectivity index (χ3v) is 10.1. The quantitative estimate of drug-likeness (QED) is 0.295. The Hall–Kier alpha value is -2.72. The van der Waals surface area contributed by atoms with Crippen LogP contribution in [0.15, 0.2) is 63.2 Å². The predicted octanol–water partition coefficient (Wildman–Crippen LogP) is 2.41. The molecule has 0 atom stereocenters. The molecule has 1 aliphatic heterocycles. The van der Waals surface area contributed by atoms with Gasteiger partial charge in [0.05, 0.1) is 34.8 Å². The van der Waals surface area contributed by atoms with E-state index < -0.39 is 45.6 Å². The number of hydrogen-bond acceptors (Lipinski definition) is 8. The normalized spacial score (nSPS) is 15.2. The summed E-state index contributed by atoms with van der Waals surface area (Å²) in [6, 6.07) is 9.61. The third kappa shape index (κ3) is 6.53. The predicted molar refractivity (Wildman–Crippen MR) is 154 cm³/mol. The highest BCUT2D eigenvalue weighted by molar-refractivity contribution is 7.86. The molecule has 4 rings (SSSR count). The Kier molecular flexibility index (Phi) is 9.21. The van der Waals surface area contributed by atoms with Crippen LogP contribution in [0.4, 0.5) is 11.4 Å². The summed E-state index contributed by atoms with van der Waals surface area (Å²) >= 11 is 0. The Morgan fingerprint density at radius 2 is 1.39 bits per heavy atom. The lowest BCUT2D eigenvalue weighted by Crippen LogP contribution is -3.11. The zero-order valence-corrected chi connectivity index (χ0v) is 26.1. The van der Waals surface area contributed by atoms with Gasteiger partial charge in [-0.3, -0.25) is 4.55 Å². The smallest absolute Gasteiger partial charge is 0.294 e. The molecular weight excluding hydrogens is 593 g/mol. The lowest BCUT2D eigenvalue weighted by Gasteiger charge is -2.20. The fourth-order valence-corrected chi connectivity index (χ4v) is 6.77. The SMILES string of the molecule is CC1=[N+](c2cccc(S(=O)(=O)O)c2)c2cc(S(=O)(=O)[O-])c3cc(S(=O)(=O)[O-])ccc3c2C1(C)C.CC[NH+](CC)CC. The maximum Gasteiger partial charge on any atom is 0.294 e. The highest BCUT2D eigenvalue weighted by Crippen LogP contribution is 2.47. The van der Waals surface area contributed by atoms with Gasteiger partial charge in [-0.05, 0) is 58.2 Å². The van der Waals surface area contributed by atoms with E-state index in [1.165, 1.54) is 43.9 Å². The minimum absolute atomic E-state index is 0.208. The zero-order chi connectivity index (χ0) is 31.1. The van der Waals surface area contributed by atoms with Crippen molar-refractivity contribution >= 4 is 58.2 Å². The van der Waals surface area contributed by atoms with Gasteiger partial charge in [0.1, 0.15) is 25.1 Å². The standard InChI is InChI=1S/C21H19NO9S3.C6H15N/c1-12-21(2,3)20-16-8-7-15(33(26,27)28)10-17(16)19(34(29,30)31)11-18(20)22(12)13-5-4-6-14(9-13)32(23,24)25;1-4-7(5-2)6-3/h4-11H,1-3H3,(H2-,23,24,25,26,27,28,29,30,31);4-6H2,1-3H3. The molecule has 0 saturated carbocycles. The second-order valence-corrected chi connectivity index (χ2v) is 14.4. The van der Waals surface area contributed by atoms with Gasteiger partial charge in [-0.25, -0.2) is 16.8 Å². The minimum Gasteiger partial charge on any atom is -0.744 e. The van der Waals surface area contributed by atoms with E-state index in [1.54, 1.807) is 22.5 Å². The molecule has 2 N–H and O–H groups in total. The molecule has 0 spiro atoms. The van der Waals surface area contributed by atoms with Crippen molar-refractivity contribution in [1.82, 2.24) is 4.58 Å². The number of nitrogens with one attached hydrogen (secondary N) is 1. The Morgan fingerprint density at radius 1 is 0.805 bits per heavy atom. The van der Waals surface area contributed by atoms with Gasteiger partial charge in [0.15, 0.2) is 5.71 Å². The van der Waals surface area contributed by atoms with Crippen LogP contribution in [0.25, 0.3) is 10.8 Å². The molecule has 41 heavy (non-hydrogen) atoms. The van der Waals surface area contributed by atoms with E-state index in [-0.39, 0.29) is 27.0 Å². The van der Waals surface area contributed by atoms with E-state index in [2.05, 4.69) is 20.8 Å². The van der Waals surface area contributed by atoms with Gasteiger partial charge in [-0.2, -0.15) is 13.0 Å². The first kappa shape index (κ1) is 32.8. The Balaban J connectivity index is 0.000000587. The molecule has 0 radical (unpaired) electrons. The van der Waals surface area contributed by atoms with Gasteiger partial charge in [-0.1, -0.05) is 12.1 Å². The van der Waals surface area contributed by atoms with E-state index >= 15 is 0 Å². The van der Waals surface area contributed by atoms with E-state index in [0.29, 0.717) is 11.3 Å². The maximum atomic E-state index is 12.2. The third-order valence-electron chi connectivity index (χ3n) is 7.59. The van der Waals surface area contributed by atoms with Crippen molar-refractivity contribution < 1.29 is 43.8 Å². The van der Waals surface area contributed by atoms with Crippen molar-refractivity contribution in [2.24, 2.45) is 0 Å². The highest BCUT2D eigenvalue weighted by atomic mass is 32.2. The monoisotopic (exact) mass is 626 g/mol. The molecule has 1 aliphatic rings. The molecular formula is C27H34N2O9S3. The molecule has 0 fully saturated rings. The van der Waals surface area contributed by atoms with Crippen LogP contribution in [0.5, 0.6) is 0 Å². The van der Waals surface area contributed by atoms with Gasteiger partial charge in [0.2, 0.25) is 11.4 Å². The zero-order valence-electron chi connectivity index (χ0n) is 23.6. The van der Waals surface area contributed by atoms with E-state index in [1.807, 2.05) is 13.8 Å². The molecule has 1 heterocycles. The van der Waals surface area contributed by atoms with Crippen LogP contribution in [-0.2, 0) is 35.8 Å². The molecule has 0 amide bonds. The summed E-state index contributed by atoms with van der Waals surface area (Å²) in [5, 5.41) is 0.0391. The fourth-order valence-electron chi connectivity index (χ4n) is 5.06. The Labute approximate surface area is 241 Å². The number of fused-ring (bicyclic) bond motifs is 3. The molecule has 0 aromatic heterocycles. The summed E-state index contributed by atoms with van der Waals surface area (Å²) in [7, 11) is -14.6. The largest absolute Gasteiger partial charge is 0.744 e. The van der Waals surface area contributed by atoms with Gasteiger partial charge >= 0.3 is 0 Å². The topological polar surface area (TPSA) is 176 Å². The van der Waals surface area contributed by atoms with Gasteiger partial charge in [0, 0.05) is 36.1 Å². The summed E-state index contributed by atoms with van der Waals surface area (Å²) in [6.07, 6.45) is 0. The highest BCUT2D eigenvalue weighted by Gasteiger charge is 2.46. The van der Waals surface area contributed by atoms with Crippen LogP contribution in [0, 0.1) is 0 Å². The number of rotatable bonds is 7. The van der Waals surface area contributed by atoms with E-state index in [0.717, 1.165) is 18.2 Å². The van der Waals surface area contributed by atoms with Crippen LogP contribution in [0.3, 0.4) is 0 Å². The molecule has 11 nitrogen and oxygen atoms in total. The fraction of sp³-hybridized carbons (Fsp3) is 0.370. The van der Waals surface area contributed by atoms with Crippen LogP contribution >= 0.6 is 0 Å². The average molecular weight is 627 g/mol. The first-order valence-electron chi connectivity index (χ1n) is 12.9. The van der Waals surface area contributed by atoms with Crippen molar-refractivity contribution in [1.29, 1.82) is 0 Å². The average Bonchev–Trinajstić information content (AvgIpc) is 3.08. The lowest BCUT2D eigenvalue weighted by molar-refractivity contribution is -0.894. The van der Waals surface area contributed by atoms with Gasteiger partial charge in [-0.15, -0.1) is 0 Å². The second-order valence-electron chi connectivity index (χ2n) is 10.2. The van der Waals surface area contributed by atoms with Crippen molar-refractivity contribution in [3.05, 3.63) is 54.1 Å². The van der Waals surface area contributed by atoms with Crippen molar-refractivity contribution in [2.45, 2.75) is 61.6 Å². The number of nitrogens with zero attached hydrogens (tertiary/aromatic N) is 1. The van der Waals surface area contributed by atoms with E-state index in [9.17, 15) is 38.9 Å². The van der Waals surface area contributed by atoms with Crippen LogP contribution < -0.4 is 9.48 Å². The lowest BCUT2D eigenvalue weighted by atomic mass is 9.80. The van der Waals surface area contributed by atoms with Crippen LogP contribution in [-0.4, -0.2) is 64.3 Å². The number of benzene rings is 3. The summed E-state index contributed by atoms with van der Waals surface area (Å²) in [5.41, 5.74) is 0.934. The molecule has 0 aliphatic carbocycles. The Morgan fingerprint density at radius 3 is 1.85 bits per heavy atom. The first-order valence-corrected chi connectivity index (χ1v) is 17.1. The molecule has 224 valence electrons. The van der Waals surface area contributed by atoms with E-state index in [4.69, 9.17) is 0 Å². The summed E-state index contributed by atoms with van der Waals surface area (Å²) < 4.78 is 105. The number of quaternary nitrogens is 1. The van der Waals surface area contributed by atoms with Gasteiger partial charge < -0.3 is 14.0 Å². The van der Waals surface area contributed by atoms with Crippen LogP contribution in [0.2, 0.25) is 0 Å². The van der Waals surface area contributed by atoms with Crippen molar-refractivity contribution in [3.63, 3.8) is 0 Å². The summed E-state index contributed by atoms with van der Waals surface area (Å²) in [5.74, 6) is 0. The molecule has 3 aromatic rings. The second kappa shape index (κ2) is 11.5.